The van der Waals surface area contributed by atoms with Gasteiger partial charge >= 0.3 is 5.97 Å². The Hall–Kier alpha value is -2.67. The lowest BCUT2D eigenvalue weighted by Crippen LogP contribution is -2.23. The third-order valence-corrected chi connectivity index (χ3v) is 3.03. The molecule has 1 amide bonds. The van der Waals surface area contributed by atoms with E-state index in [1.807, 2.05) is 0 Å². The van der Waals surface area contributed by atoms with Gasteiger partial charge in [-0.25, -0.2) is 13.6 Å². The van der Waals surface area contributed by atoms with Crippen LogP contribution in [0.3, 0.4) is 0 Å². The van der Waals surface area contributed by atoms with Crippen molar-refractivity contribution in [2.24, 2.45) is 0 Å². The molecule has 0 aliphatic heterocycles. The summed E-state index contributed by atoms with van der Waals surface area (Å²) in [6.07, 6.45) is 0. The molecule has 2 rings (SSSR count). The molecular weight excluding hydrogens is 344 g/mol. The fourth-order valence-corrected chi connectivity index (χ4v) is 1.81. The molecule has 126 valence electrons. The monoisotopic (exact) mass is 355 g/mol. The molecule has 0 saturated heterocycles. The molecule has 0 fully saturated rings. The molecule has 0 aromatic heterocycles. The molecule has 0 aliphatic rings. The van der Waals surface area contributed by atoms with Crippen molar-refractivity contribution in [2.75, 3.05) is 18.5 Å². The number of anilines is 1. The van der Waals surface area contributed by atoms with E-state index in [-0.39, 0.29) is 10.7 Å². The molecule has 0 radical (unpaired) electrons. The molecule has 0 aliphatic carbocycles. The van der Waals surface area contributed by atoms with Gasteiger partial charge in [0.15, 0.2) is 13.2 Å². The topological polar surface area (TPSA) is 64.6 Å². The molecule has 0 bridgehead atoms. The highest BCUT2D eigenvalue weighted by Crippen LogP contribution is 2.19. The Labute approximate surface area is 141 Å². The Kier molecular flexibility index (Phi) is 6.08. The van der Waals surface area contributed by atoms with E-state index in [0.717, 1.165) is 6.07 Å². The van der Waals surface area contributed by atoms with Crippen molar-refractivity contribution in [3.63, 3.8) is 0 Å². The van der Waals surface area contributed by atoms with Gasteiger partial charge in [-0.1, -0.05) is 11.6 Å². The Morgan fingerprint density at radius 3 is 2.42 bits per heavy atom. The second-order valence-electron chi connectivity index (χ2n) is 4.58. The van der Waals surface area contributed by atoms with Gasteiger partial charge in [0, 0.05) is 5.69 Å². The first-order chi connectivity index (χ1) is 11.4. The number of ether oxygens (including phenoxy) is 2. The fraction of sp³-hybridized carbons (Fsp3) is 0.125. The second kappa shape index (κ2) is 8.26. The highest BCUT2D eigenvalue weighted by molar-refractivity contribution is 6.31. The molecule has 0 spiro atoms. The van der Waals surface area contributed by atoms with Crippen LogP contribution >= 0.6 is 11.6 Å². The van der Waals surface area contributed by atoms with Gasteiger partial charge in [-0.05, 0) is 42.5 Å². The molecule has 5 nitrogen and oxygen atoms in total. The summed E-state index contributed by atoms with van der Waals surface area (Å²) in [6.45, 7) is -0.970. The van der Waals surface area contributed by atoms with Crippen LogP contribution in [0.15, 0.2) is 42.5 Å². The number of rotatable bonds is 6. The molecule has 0 heterocycles. The zero-order valence-corrected chi connectivity index (χ0v) is 13.0. The first-order valence-electron chi connectivity index (χ1n) is 6.73. The van der Waals surface area contributed by atoms with Gasteiger partial charge in [0.2, 0.25) is 0 Å². The van der Waals surface area contributed by atoms with Gasteiger partial charge in [0.1, 0.15) is 17.4 Å². The summed E-state index contributed by atoms with van der Waals surface area (Å²) in [5.74, 6) is -2.14. The van der Waals surface area contributed by atoms with E-state index < -0.39 is 36.7 Å². The highest BCUT2D eigenvalue weighted by atomic mass is 35.5. The minimum atomic E-state index is -0.772. The third kappa shape index (κ3) is 5.51. The molecule has 2 aromatic rings. The van der Waals surface area contributed by atoms with Gasteiger partial charge in [0.25, 0.3) is 5.91 Å². The molecular formula is C16H12ClF2NO4. The lowest BCUT2D eigenvalue weighted by Gasteiger charge is -2.08. The number of hydrogen-bond donors (Lipinski definition) is 1. The van der Waals surface area contributed by atoms with Crippen LogP contribution in [-0.2, 0) is 14.3 Å². The number of hydrogen-bond acceptors (Lipinski definition) is 4. The van der Waals surface area contributed by atoms with E-state index in [2.05, 4.69) is 5.32 Å². The number of benzene rings is 2. The van der Waals surface area contributed by atoms with Crippen molar-refractivity contribution < 1.29 is 27.8 Å². The maximum Gasteiger partial charge on any atom is 0.344 e. The van der Waals surface area contributed by atoms with Crippen LogP contribution in [0, 0.1) is 11.6 Å². The Bertz CT molecular complexity index is 737. The molecule has 0 unspecified atom stereocenters. The van der Waals surface area contributed by atoms with Gasteiger partial charge in [0.05, 0.1) is 5.02 Å². The highest BCUT2D eigenvalue weighted by Gasteiger charge is 2.10. The first kappa shape index (κ1) is 17.7. The lowest BCUT2D eigenvalue weighted by atomic mass is 10.3. The summed E-state index contributed by atoms with van der Waals surface area (Å²) < 4.78 is 35.5. The molecule has 0 atom stereocenters. The number of carbonyl (C=O) groups excluding carboxylic acids is 2. The summed E-state index contributed by atoms with van der Waals surface area (Å²) in [4.78, 5) is 23.1. The number of halogens is 3. The zero-order chi connectivity index (χ0) is 17.5. The molecule has 2 aromatic carbocycles. The lowest BCUT2D eigenvalue weighted by molar-refractivity contribution is -0.149. The maximum absolute atomic E-state index is 13.0. The van der Waals surface area contributed by atoms with Crippen molar-refractivity contribution in [1.82, 2.24) is 0 Å². The second-order valence-corrected chi connectivity index (χ2v) is 4.99. The van der Waals surface area contributed by atoms with Crippen molar-refractivity contribution in [3.05, 3.63) is 59.1 Å². The van der Waals surface area contributed by atoms with Crippen molar-refractivity contribution in [1.29, 1.82) is 0 Å². The SMILES string of the molecule is O=C(COC(=O)COc1ccc(F)cc1)Nc1ccc(F)c(Cl)c1. The molecule has 8 heteroatoms. The smallest absolute Gasteiger partial charge is 0.344 e. The summed E-state index contributed by atoms with van der Waals surface area (Å²) >= 11 is 5.58. The van der Waals surface area contributed by atoms with E-state index >= 15 is 0 Å². The van der Waals surface area contributed by atoms with Gasteiger partial charge in [-0.3, -0.25) is 4.79 Å². The molecule has 0 saturated carbocycles. The molecule has 24 heavy (non-hydrogen) atoms. The maximum atomic E-state index is 13.0. The van der Waals surface area contributed by atoms with Crippen LogP contribution in [0.25, 0.3) is 0 Å². The largest absolute Gasteiger partial charge is 0.482 e. The standard InChI is InChI=1S/C16H12ClF2NO4/c17-13-7-11(3-6-14(13)19)20-15(21)8-24-16(22)9-23-12-4-1-10(18)2-5-12/h1-7H,8-9H2,(H,20,21). The number of carbonyl (C=O) groups is 2. The van der Waals surface area contributed by atoms with Crippen LogP contribution in [0.1, 0.15) is 0 Å². The van der Waals surface area contributed by atoms with E-state index in [1.54, 1.807) is 0 Å². The van der Waals surface area contributed by atoms with Crippen molar-refractivity contribution >= 4 is 29.2 Å². The van der Waals surface area contributed by atoms with E-state index in [9.17, 15) is 18.4 Å². The summed E-state index contributed by atoms with van der Waals surface area (Å²) in [7, 11) is 0. The van der Waals surface area contributed by atoms with Crippen LogP contribution < -0.4 is 10.1 Å². The quantitative estimate of drug-likeness (QED) is 0.808. The normalized spacial score (nSPS) is 10.1. The van der Waals surface area contributed by atoms with Gasteiger partial charge in [-0.15, -0.1) is 0 Å². The van der Waals surface area contributed by atoms with Crippen molar-refractivity contribution in [3.8, 4) is 5.75 Å². The minimum Gasteiger partial charge on any atom is -0.482 e. The van der Waals surface area contributed by atoms with Crippen LogP contribution in [0.5, 0.6) is 5.75 Å². The van der Waals surface area contributed by atoms with E-state index in [1.165, 1.54) is 36.4 Å². The predicted octanol–water partition coefficient (Wildman–Crippen LogP) is 3.18. The first-order valence-corrected chi connectivity index (χ1v) is 7.11. The van der Waals surface area contributed by atoms with Gasteiger partial charge < -0.3 is 14.8 Å². The fourth-order valence-electron chi connectivity index (χ4n) is 1.63. The predicted molar refractivity (Wildman–Crippen MR) is 82.9 cm³/mol. The Morgan fingerprint density at radius 1 is 1.04 bits per heavy atom. The van der Waals surface area contributed by atoms with Crippen molar-refractivity contribution in [2.45, 2.75) is 0 Å². The minimum absolute atomic E-state index is 0.141. The zero-order valence-electron chi connectivity index (χ0n) is 12.2. The van der Waals surface area contributed by atoms with Gasteiger partial charge in [-0.2, -0.15) is 0 Å². The number of nitrogens with one attached hydrogen (secondary N) is 1. The molecule has 1 N–H and O–H groups in total. The summed E-state index contributed by atoms with van der Waals surface area (Å²) in [5.41, 5.74) is 0.269. The Balaban J connectivity index is 1.73. The summed E-state index contributed by atoms with van der Waals surface area (Å²) in [5, 5.41) is 2.25. The van der Waals surface area contributed by atoms with Crippen LogP contribution in [0.4, 0.5) is 14.5 Å². The number of esters is 1. The van der Waals surface area contributed by atoms with Crippen LogP contribution in [0.2, 0.25) is 5.02 Å². The van der Waals surface area contributed by atoms with Crippen LogP contribution in [-0.4, -0.2) is 25.1 Å². The Morgan fingerprint density at radius 2 is 1.75 bits per heavy atom. The average molecular weight is 356 g/mol. The van der Waals surface area contributed by atoms with E-state index in [0.29, 0.717) is 5.75 Å². The number of amides is 1. The average Bonchev–Trinajstić information content (AvgIpc) is 2.56. The summed E-state index contributed by atoms with van der Waals surface area (Å²) in [6, 6.07) is 8.72. The third-order valence-electron chi connectivity index (χ3n) is 2.74. The van der Waals surface area contributed by atoms with E-state index in [4.69, 9.17) is 21.1 Å².